The Kier molecular flexibility index (Phi) is 5.02. The van der Waals surface area contributed by atoms with Crippen molar-refractivity contribution in [1.29, 1.82) is 0 Å². The molecule has 7 heteroatoms. The van der Waals surface area contributed by atoms with Crippen LogP contribution in [-0.2, 0) is 0 Å². The van der Waals surface area contributed by atoms with Gasteiger partial charge in [-0.2, -0.15) is 0 Å². The van der Waals surface area contributed by atoms with Crippen LogP contribution in [-0.4, -0.2) is 35.0 Å². The molecule has 0 aliphatic carbocycles. The largest absolute Gasteiger partial charge is 0.467 e. The summed E-state index contributed by atoms with van der Waals surface area (Å²) in [7, 11) is 0. The molecule has 0 saturated carbocycles. The van der Waals surface area contributed by atoms with E-state index in [1.165, 1.54) is 0 Å². The van der Waals surface area contributed by atoms with Crippen LogP contribution in [0.15, 0.2) is 42.5 Å². The molecule has 0 spiro atoms. The highest BCUT2D eigenvalue weighted by Crippen LogP contribution is 2.30. The van der Waals surface area contributed by atoms with Gasteiger partial charge < -0.3 is 9.64 Å². The lowest BCUT2D eigenvalue weighted by molar-refractivity contribution is 0.0595. The minimum Gasteiger partial charge on any atom is -0.467 e. The molecule has 1 aliphatic heterocycles. The number of para-hydroxylation sites is 1. The van der Waals surface area contributed by atoms with Crippen LogP contribution in [0.3, 0.4) is 0 Å². The van der Waals surface area contributed by atoms with Gasteiger partial charge in [0.2, 0.25) is 0 Å². The van der Waals surface area contributed by atoms with Crippen LogP contribution in [0, 0.1) is 0 Å². The summed E-state index contributed by atoms with van der Waals surface area (Å²) >= 11 is 13.7. The molecule has 1 aliphatic rings. The first-order valence-electron chi connectivity index (χ1n) is 8.37. The second kappa shape index (κ2) is 7.43. The Labute approximate surface area is 165 Å². The zero-order valence-electron chi connectivity index (χ0n) is 13.8. The third kappa shape index (κ3) is 3.65. The van der Waals surface area contributed by atoms with Crippen LogP contribution in [0.5, 0.6) is 5.19 Å². The van der Waals surface area contributed by atoms with Crippen molar-refractivity contribution >= 4 is 50.7 Å². The van der Waals surface area contributed by atoms with E-state index in [0.29, 0.717) is 33.9 Å². The lowest BCUT2D eigenvalue weighted by Crippen LogP contribution is -2.41. The van der Waals surface area contributed by atoms with Gasteiger partial charge >= 0.3 is 0 Å². The minimum absolute atomic E-state index is 0.0643. The molecule has 0 bridgehead atoms. The first-order valence-corrected chi connectivity index (χ1v) is 9.94. The van der Waals surface area contributed by atoms with Crippen molar-refractivity contribution in [3.05, 3.63) is 58.1 Å². The Morgan fingerprint density at radius 2 is 1.92 bits per heavy atom. The number of fused-ring (bicyclic) bond motifs is 1. The van der Waals surface area contributed by atoms with Crippen LogP contribution in [0.2, 0.25) is 10.0 Å². The molecule has 4 nitrogen and oxygen atoms in total. The van der Waals surface area contributed by atoms with E-state index in [-0.39, 0.29) is 12.0 Å². The zero-order valence-corrected chi connectivity index (χ0v) is 16.2. The van der Waals surface area contributed by atoms with Crippen LogP contribution < -0.4 is 4.74 Å². The van der Waals surface area contributed by atoms with E-state index in [1.807, 2.05) is 24.3 Å². The van der Waals surface area contributed by atoms with Gasteiger partial charge in [-0.15, -0.1) is 0 Å². The minimum atomic E-state index is -0.0871. The van der Waals surface area contributed by atoms with Gasteiger partial charge in [-0.3, -0.25) is 4.79 Å². The maximum absolute atomic E-state index is 12.7. The number of aromatic nitrogens is 1. The van der Waals surface area contributed by atoms with E-state index in [0.717, 1.165) is 23.1 Å². The highest BCUT2D eigenvalue weighted by atomic mass is 35.5. The first kappa shape index (κ1) is 17.6. The number of rotatable bonds is 3. The van der Waals surface area contributed by atoms with Gasteiger partial charge in [0.15, 0.2) is 0 Å². The SMILES string of the molecule is O=C(c1cc(Cl)ccc1Cl)N1CCC(Oc2nc3ccccc3s2)CC1. The smallest absolute Gasteiger partial charge is 0.274 e. The quantitative estimate of drug-likeness (QED) is 0.593. The number of piperidine rings is 1. The number of ether oxygens (including phenoxy) is 1. The third-order valence-corrected chi connectivity index (χ3v) is 5.92. The fraction of sp³-hybridized carbons (Fsp3) is 0.263. The van der Waals surface area contributed by atoms with E-state index in [9.17, 15) is 4.79 Å². The lowest BCUT2D eigenvalue weighted by Gasteiger charge is -2.31. The number of nitrogens with zero attached hydrogens (tertiary/aromatic N) is 2. The predicted octanol–water partition coefficient (Wildman–Crippen LogP) is 5.29. The maximum atomic E-state index is 12.7. The van der Waals surface area contributed by atoms with Crippen molar-refractivity contribution in [2.24, 2.45) is 0 Å². The molecule has 0 radical (unpaired) electrons. The summed E-state index contributed by atoms with van der Waals surface area (Å²) < 4.78 is 7.16. The molecule has 2 heterocycles. The summed E-state index contributed by atoms with van der Waals surface area (Å²) in [5, 5.41) is 1.62. The molecular weight excluding hydrogens is 391 g/mol. The predicted molar refractivity (Wildman–Crippen MR) is 106 cm³/mol. The molecule has 1 fully saturated rings. The topological polar surface area (TPSA) is 42.4 Å². The summed E-state index contributed by atoms with van der Waals surface area (Å²) in [6, 6.07) is 12.9. The molecule has 0 N–H and O–H groups in total. The second-order valence-corrected chi connectivity index (χ2v) is 8.02. The fourth-order valence-electron chi connectivity index (χ4n) is 3.05. The molecule has 26 heavy (non-hydrogen) atoms. The first-order chi connectivity index (χ1) is 12.6. The van der Waals surface area contributed by atoms with Gasteiger partial charge in [0.05, 0.1) is 20.8 Å². The monoisotopic (exact) mass is 406 g/mol. The number of likely N-dealkylation sites (tertiary alicyclic amines) is 1. The molecule has 0 atom stereocenters. The second-order valence-electron chi connectivity index (χ2n) is 6.18. The van der Waals surface area contributed by atoms with Gasteiger partial charge in [-0.25, -0.2) is 4.98 Å². The van der Waals surface area contributed by atoms with Crippen molar-refractivity contribution in [2.75, 3.05) is 13.1 Å². The maximum Gasteiger partial charge on any atom is 0.274 e. The van der Waals surface area contributed by atoms with Crippen molar-refractivity contribution in [3.63, 3.8) is 0 Å². The summed E-state index contributed by atoms with van der Waals surface area (Å²) in [5.41, 5.74) is 1.40. The number of thiazole rings is 1. The molecular formula is C19H16Cl2N2O2S. The fourth-order valence-corrected chi connectivity index (χ4v) is 4.30. The molecule has 1 saturated heterocycles. The van der Waals surface area contributed by atoms with Crippen molar-refractivity contribution in [3.8, 4) is 5.19 Å². The molecule has 4 rings (SSSR count). The Morgan fingerprint density at radius 1 is 1.15 bits per heavy atom. The average molecular weight is 407 g/mol. The van der Waals surface area contributed by atoms with E-state index in [4.69, 9.17) is 27.9 Å². The number of carbonyl (C=O) groups excluding carboxylic acids is 1. The number of benzene rings is 2. The Morgan fingerprint density at radius 3 is 2.69 bits per heavy atom. The number of hydrogen-bond acceptors (Lipinski definition) is 4. The van der Waals surface area contributed by atoms with Crippen LogP contribution >= 0.6 is 34.5 Å². The Balaban J connectivity index is 1.39. The van der Waals surface area contributed by atoms with Gasteiger partial charge in [0.25, 0.3) is 11.1 Å². The van der Waals surface area contributed by atoms with Gasteiger partial charge in [0, 0.05) is 31.0 Å². The van der Waals surface area contributed by atoms with Crippen LogP contribution in [0.25, 0.3) is 10.2 Å². The summed E-state index contributed by atoms with van der Waals surface area (Å²) in [5.74, 6) is -0.0871. The molecule has 3 aromatic rings. The van der Waals surface area contributed by atoms with Gasteiger partial charge in [-0.05, 0) is 30.3 Å². The van der Waals surface area contributed by atoms with Gasteiger partial charge in [-0.1, -0.05) is 46.7 Å². The number of carbonyl (C=O) groups is 1. The van der Waals surface area contributed by atoms with Crippen molar-refractivity contribution in [1.82, 2.24) is 9.88 Å². The standard InChI is InChI=1S/C19H16Cl2N2O2S/c20-12-5-6-15(21)14(11-12)18(24)23-9-7-13(8-10-23)25-19-22-16-3-1-2-4-17(16)26-19/h1-6,11,13H,7-10H2. The number of hydrogen-bond donors (Lipinski definition) is 0. The molecule has 2 aromatic carbocycles. The highest BCUT2D eigenvalue weighted by Gasteiger charge is 2.26. The summed E-state index contributed by atoms with van der Waals surface area (Å²) in [6.45, 7) is 1.24. The van der Waals surface area contributed by atoms with E-state index >= 15 is 0 Å². The van der Waals surface area contributed by atoms with Crippen LogP contribution in [0.1, 0.15) is 23.2 Å². The average Bonchev–Trinajstić information content (AvgIpc) is 3.06. The summed E-state index contributed by atoms with van der Waals surface area (Å²) in [4.78, 5) is 19.0. The van der Waals surface area contributed by atoms with Gasteiger partial charge in [0.1, 0.15) is 6.10 Å². The molecule has 0 unspecified atom stereocenters. The van der Waals surface area contributed by atoms with E-state index < -0.39 is 0 Å². The zero-order chi connectivity index (χ0) is 18.1. The van der Waals surface area contributed by atoms with E-state index in [1.54, 1.807) is 34.4 Å². The Bertz CT molecular complexity index is 919. The highest BCUT2D eigenvalue weighted by molar-refractivity contribution is 7.20. The number of halogens is 2. The van der Waals surface area contributed by atoms with Crippen molar-refractivity contribution < 1.29 is 9.53 Å². The normalized spacial score (nSPS) is 15.4. The molecule has 1 amide bonds. The molecule has 134 valence electrons. The Hall–Kier alpha value is -1.82. The summed E-state index contributed by atoms with van der Waals surface area (Å²) in [6.07, 6.45) is 1.59. The van der Waals surface area contributed by atoms with Crippen molar-refractivity contribution in [2.45, 2.75) is 18.9 Å². The lowest BCUT2D eigenvalue weighted by atomic mass is 10.1. The van der Waals surface area contributed by atoms with E-state index in [2.05, 4.69) is 4.98 Å². The third-order valence-electron chi connectivity index (χ3n) is 4.43. The molecule has 1 aromatic heterocycles. The van der Waals surface area contributed by atoms with Crippen LogP contribution in [0.4, 0.5) is 0 Å². The number of amides is 1.